The fourth-order valence-electron chi connectivity index (χ4n) is 1.45. The molecule has 0 atom stereocenters. The van der Waals surface area contributed by atoms with E-state index in [0.29, 0.717) is 0 Å². The minimum atomic E-state index is -0.689. The van der Waals surface area contributed by atoms with Crippen molar-refractivity contribution in [2.24, 2.45) is 0 Å². The molecule has 0 unspecified atom stereocenters. The monoisotopic (exact) mass is 278 g/mol. The van der Waals surface area contributed by atoms with Crippen molar-refractivity contribution in [3.8, 4) is 0 Å². The number of anilines is 1. The van der Waals surface area contributed by atoms with Gasteiger partial charge in [0.1, 0.15) is 12.1 Å². The van der Waals surface area contributed by atoms with Crippen molar-refractivity contribution >= 4 is 17.7 Å². The Hall–Kier alpha value is -2.70. The number of hydrogen-bond donors (Lipinski definition) is 1. The molecule has 1 amide bonds. The number of nitrogens with zero attached hydrogens (tertiary/aromatic N) is 1. The molecule has 2 rings (SSSR count). The predicted molar refractivity (Wildman–Crippen MR) is 66.2 cm³/mol. The molecule has 2 aromatic rings. The molecule has 6 nitrogen and oxygen atoms in total. The van der Waals surface area contributed by atoms with Gasteiger partial charge in [-0.25, -0.2) is 4.39 Å². The minimum absolute atomic E-state index is 0.217. The average Bonchev–Trinajstić information content (AvgIpc) is 2.92. The fourth-order valence-corrected chi connectivity index (χ4v) is 1.45. The number of hydrogen-bond acceptors (Lipinski definition) is 5. The van der Waals surface area contributed by atoms with Gasteiger partial charge in [-0.05, 0) is 11.6 Å². The molecule has 20 heavy (non-hydrogen) atoms. The zero-order valence-corrected chi connectivity index (χ0v) is 10.3. The number of rotatable bonds is 5. The molecule has 0 fully saturated rings. The number of ether oxygens (including phenoxy) is 1. The summed E-state index contributed by atoms with van der Waals surface area (Å²) in [5.41, 5.74) is 0.217. The Kier molecular flexibility index (Phi) is 4.43. The molecule has 0 aliphatic heterocycles. The molecule has 0 spiro atoms. The minimum Gasteiger partial charge on any atom is -0.455 e. The molecule has 0 radical (unpaired) electrons. The Balaban J connectivity index is 1.78. The molecule has 0 aliphatic rings. The molecule has 7 heteroatoms. The quantitative estimate of drug-likeness (QED) is 0.839. The molecule has 1 N–H and O–H groups in total. The number of benzene rings is 1. The van der Waals surface area contributed by atoms with E-state index < -0.39 is 24.3 Å². The number of amides is 1. The number of esters is 1. The fraction of sp³-hybridized carbons (Fsp3) is 0.154. The summed E-state index contributed by atoms with van der Waals surface area (Å²) in [6.07, 6.45) is 1.06. The Morgan fingerprint density at radius 3 is 2.80 bits per heavy atom. The van der Waals surface area contributed by atoms with E-state index in [9.17, 15) is 14.0 Å². The Bertz CT molecular complexity index is 598. The second-order valence-electron chi connectivity index (χ2n) is 3.86. The number of nitrogens with one attached hydrogen (secondary N) is 1. The van der Waals surface area contributed by atoms with Crippen LogP contribution in [0.4, 0.5) is 10.2 Å². The van der Waals surface area contributed by atoms with Crippen LogP contribution in [0.2, 0.25) is 0 Å². The van der Waals surface area contributed by atoms with Crippen LogP contribution in [-0.4, -0.2) is 23.6 Å². The normalized spacial score (nSPS) is 10.1. The van der Waals surface area contributed by atoms with E-state index in [-0.39, 0.29) is 17.8 Å². The van der Waals surface area contributed by atoms with Gasteiger partial charge in [0.05, 0.1) is 6.42 Å². The zero-order chi connectivity index (χ0) is 14.4. The van der Waals surface area contributed by atoms with Gasteiger partial charge in [0.15, 0.2) is 12.4 Å². The summed E-state index contributed by atoms with van der Waals surface area (Å²) >= 11 is 0. The molecule has 1 aromatic carbocycles. The second-order valence-corrected chi connectivity index (χ2v) is 3.86. The third kappa shape index (κ3) is 3.91. The first-order chi connectivity index (χ1) is 9.65. The van der Waals surface area contributed by atoms with Gasteiger partial charge in [0, 0.05) is 6.07 Å². The summed E-state index contributed by atoms with van der Waals surface area (Å²) in [6, 6.07) is 7.31. The number of carbonyl (C=O) groups is 2. The molecular weight excluding hydrogens is 267 g/mol. The third-order valence-electron chi connectivity index (χ3n) is 2.36. The highest BCUT2D eigenvalue weighted by molar-refractivity contribution is 5.91. The van der Waals surface area contributed by atoms with Gasteiger partial charge in [-0.1, -0.05) is 23.4 Å². The van der Waals surface area contributed by atoms with Gasteiger partial charge >= 0.3 is 5.97 Å². The summed E-state index contributed by atoms with van der Waals surface area (Å²) in [4.78, 5) is 22.9. The van der Waals surface area contributed by atoms with E-state index in [1.165, 1.54) is 30.5 Å². The van der Waals surface area contributed by atoms with E-state index in [0.717, 1.165) is 0 Å². The van der Waals surface area contributed by atoms with Crippen LogP contribution in [0.25, 0.3) is 0 Å². The van der Waals surface area contributed by atoms with Crippen LogP contribution < -0.4 is 5.32 Å². The van der Waals surface area contributed by atoms with Gasteiger partial charge in [-0.15, -0.1) is 0 Å². The first-order valence-electron chi connectivity index (χ1n) is 5.74. The van der Waals surface area contributed by atoms with Crippen LogP contribution in [0.3, 0.4) is 0 Å². The lowest BCUT2D eigenvalue weighted by atomic mass is 10.1. The maximum atomic E-state index is 13.3. The first-order valence-corrected chi connectivity index (χ1v) is 5.74. The maximum Gasteiger partial charge on any atom is 0.310 e. The van der Waals surface area contributed by atoms with E-state index >= 15 is 0 Å². The molecule has 0 bridgehead atoms. The molecule has 104 valence electrons. The molecule has 0 aliphatic carbocycles. The molecule has 0 saturated heterocycles. The smallest absolute Gasteiger partial charge is 0.310 e. The van der Waals surface area contributed by atoms with Gasteiger partial charge in [0.2, 0.25) is 0 Å². The van der Waals surface area contributed by atoms with Gasteiger partial charge in [0.25, 0.3) is 5.91 Å². The van der Waals surface area contributed by atoms with E-state index in [2.05, 4.69) is 15.0 Å². The maximum absolute atomic E-state index is 13.3. The molecular formula is C13H11FN2O4. The highest BCUT2D eigenvalue weighted by Crippen LogP contribution is 2.07. The lowest BCUT2D eigenvalue weighted by Gasteiger charge is -2.05. The van der Waals surface area contributed by atoms with Crippen molar-refractivity contribution in [3.63, 3.8) is 0 Å². The van der Waals surface area contributed by atoms with Gasteiger partial charge < -0.3 is 14.6 Å². The average molecular weight is 278 g/mol. The summed E-state index contributed by atoms with van der Waals surface area (Å²) in [7, 11) is 0. The molecule has 1 aromatic heterocycles. The van der Waals surface area contributed by atoms with Crippen molar-refractivity contribution in [1.82, 2.24) is 5.16 Å². The SMILES string of the molecule is O=C(COC(=O)Cc1ccccc1F)Nc1ccon1. The second kappa shape index (κ2) is 6.46. The van der Waals surface area contributed by atoms with Crippen molar-refractivity contribution in [2.75, 3.05) is 11.9 Å². The number of carbonyl (C=O) groups excluding carboxylic acids is 2. The van der Waals surface area contributed by atoms with Gasteiger partial charge in [-0.3, -0.25) is 9.59 Å². The summed E-state index contributed by atoms with van der Waals surface area (Å²) in [6.45, 7) is -0.472. The lowest BCUT2D eigenvalue weighted by molar-refractivity contribution is -0.146. The standard InChI is InChI=1S/C13H11FN2O4/c14-10-4-2-1-3-9(10)7-13(18)19-8-12(17)15-11-5-6-20-16-11/h1-6H,7-8H2,(H,15,16,17). The summed E-state index contributed by atoms with van der Waals surface area (Å²) in [5, 5.41) is 5.82. The number of halogens is 1. The topological polar surface area (TPSA) is 81.4 Å². The van der Waals surface area contributed by atoms with Crippen LogP contribution in [-0.2, 0) is 20.7 Å². The summed E-state index contributed by atoms with van der Waals surface area (Å²) in [5.74, 6) is -1.51. The van der Waals surface area contributed by atoms with Crippen molar-refractivity contribution in [1.29, 1.82) is 0 Å². The Morgan fingerprint density at radius 1 is 1.30 bits per heavy atom. The lowest BCUT2D eigenvalue weighted by Crippen LogP contribution is -2.21. The van der Waals surface area contributed by atoms with E-state index in [1.54, 1.807) is 6.07 Å². The summed E-state index contributed by atoms with van der Waals surface area (Å²) < 4.78 is 22.5. The zero-order valence-electron chi connectivity index (χ0n) is 10.3. The number of aromatic nitrogens is 1. The Labute approximate surface area is 113 Å². The predicted octanol–water partition coefficient (Wildman–Crippen LogP) is 1.54. The van der Waals surface area contributed by atoms with Crippen molar-refractivity contribution in [2.45, 2.75) is 6.42 Å². The van der Waals surface area contributed by atoms with Crippen LogP contribution in [0.5, 0.6) is 0 Å². The van der Waals surface area contributed by atoms with Crippen molar-refractivity contribution in [3.05, 3.63) is 48.0 Å². The molecule has 1 heterocycles. The highest BCUT2D eigenvalue weighted by Gasteiger charge is 2.11. The first kappa shape index (κ1) is 13.7. The molecule has 0 saturated carbocycles. The third-order valence-corrected chi connectivity index (χ3v) is 2.36. The van der Waals surface area contributed by atoms with Crippen LogP contribution in [0.15, 0.2) is 41.1 Å². The van der Waals surface area contributed by atoms with E-state index in [4.69, 9.17) is 4.74 Å². The van der Waals surface area contributed by atoms with Gasteiger partial charge in [-0.2, -0.15) is 0 Å². The Morgan fingerprint density at radius 2 is 2.10 bits per heavy atom. The van der Waals surface area contributed by atoms with Crippen molar-refractivity contribution < 1.29 is 23.2 Å². The van der Waals surface area contributed by atoms with E-state index in [1.807, 2.05) is 0 Å². The highest BCUT2D eigenvalue weighted by atomic mass is 19.1. The van der Waals surface area contributed by atoms with Crippen LogP contribution in [0, 0.1) is 5.82 Å². The van der Waals surface area contributed by atoms with Crippen LogP contribution >= 0.6 is 0 Å². The van der Waals surface area contributed by atoms with Crippen LogP contribution in [0.1, 0.15) is 5.56 Å². The largest absolute Gasteiger partial charge is 0.455 e.